The van der Waals surface area contributed by atoms with Crippen LogP contribution in [-0.2, 0) is 0 Å². The van der Waals surface area contributed by atoms with Gasteiger partial charge in [0.05, 0.1) is 0 Å². The summed E-state index contributed by atoms with van der Waals surface area (Å²) in [5, 5.41) is 16.7. The van der Waals surface area contributed by atoms with Gasteiger partial charge in [0.1, 0.15) is 0 Å². The fraction of sp³-hybridized carbons (Fsp3) is 0.300. The van der Waals surface area contributed by atoms with Crippen LogP contribution in [0.15, 0.2) is 30.0 Å². The normalized spacial score (nSPS) is 13.5. The molecule has 1 heterocycles. The van der Waals surface area contributed by atoms with E-state index in [9.17, 15) is 0 Å². The van der Waals surface area contributed by atoms with E-state index in [4.69, 9.17) is 0 Å². The van der Waals surface area contributed by atoms with Crippen molar-refractivity contribution in [3.63, 3.8) is 0 Å². The molecule has 1 aromatic rings. The quantitative estimate of drug-likeness (QED) is 0.727. The average Bonchev–Trinajstić information content (AvgIpc) is 2.77. The Kier molecular flexibility index (Phi) is 4.28. The summed E-state index contributed by atoms with van der Waals surface area (Å²) in [6.45, 7) is 3.93. The van der Waals surface area contributed by atoms with Crippen molar-refractivity contribution in [2.45, 2.75) is 13.8 Å². The zero-order valence-corrected chi connectivity index (χ0v) is 9.15. The Morgan fingerprint density at radius 2 is 2.00 bits per heavy atom. The Morgan fingerprint density at radius 1 is 1.27 bits per heavy atom. The number of nitrogens with zero attached hydrogens (tertiary/aromatic N) is 3. The van der Waals surface area contributed by atoms with Gasteiger partial charge in [-0.15, -0.1) is 10.2 Å². The second-order valence-corrected chi connectivity index (χ2v) is 3.07. The van der Waals surface area contributed by atoms with E-state index in [0.29, 0.717) is 5.82 Å². The van der Waals surface area contributed by atoms with E-state index >= 15 is 0 Å². The predicted octanol–water partition coefficient (Wildman–Crippen LogP) is 1.28. The van der Waals surface area contributed by atoms with Crippen LogP contribution in [0.25, 0.3) is 5.57 Å². The summed E-state index contributed by atoms with van der Waals surface area (Å²) in [6, 6.07) is 0. The van der Waals surface area contributed by atoms with Gasteiger partial charge in [0.25, 0.3) is 0 Å². The molecule has 0 saturated carbocycles. The van der Waals surface area contributed by atoms with Gasteiger partial charge in [0, 0.05) is 12.7 Å². The molecule has 0 unspecified atom stereocenters. The maximum atomic E-state index is 3.87. The monoisotopic (exact) mass is 205 g/mol. The van der Waals surface area contributed by atoms with Crippen LogP contribution in [0.4, 0.5) is 0 Å². The highest BCUT2D eigenvalue weighted by molar-refractivity contribution is 5.58. The molecule has 5 heteroatoms. The summed E-state index contributed by atoms with van der Waals surface area (Å²) in [5.41, 5.74) is 2.08. The first-order chi connectivity index (χ1) is 7.24. The minimum absolute atomic E-state index is 0.619. The third-order valence-corrected chi connectivity index (χ3v) is 1.90. The first-order valence-corrected chi connectivity index (χ1v) is 4.67. The van der Waals surface area contributed by atoms with E-state index in [1.54, 1.807) is 0 Å². The Balaban J connectivity index is 2.58. The molecule has 5 nitrogen and oxygen atoms in total. The van der Waals surface area contributed by atoms with Crippen LogP contribution < -0.4 is 5.32 Å². The third-order valence-electron chi connectivity index (χ3n) is 1.90. The molecule has 0 aliphatic rings. The van der Waals surface area contributed by atoms with Crippen molar-refractivity contribution in [2.75, 3.05) is 7.05 Å². The molecular weight excluding hydrogens is 190 g/mol. The minimum Gasteiger partial charge on any atom is -0.392 e. The number of H-pyrrole nitrogens is 1. The van der Waals surface area contributed by atoms with E-state index < -0.39 is 0 Å². The molecule has 0 atom stereocenters. The molecule has 0 aliphatic carbocycles. The first kappa shape index (κ1) is 11.2. The number of hydrogen-bond acceptors (Lipinski definition) is 4. The van der Waals surface area contributed by atoms with E-state index in [0.717, 1.165) is 11.3 Å². The number of tetrazole rings is 1. The van der Waals surface area contributed by atoms with Crippen molar-refractivity contribution < 1.29 is 0 Å². The van der Waals surface area contributed by atoms with Crippen molar-refractivity contribution in [1.29, 1.82) is 0 Å². The van der Waals surface area contributed by atoms with Gasteiger partial charge in [0.2, 0.25) is 0 Å². The molecular formula is C10H15N5. The van der Waals surface area contributed by atoms with Crippen LogP contribution in [-0.4, -0.2) is 27.7 Å². The Labute approximate surface area is 89.0 Å². The summed E-state index contributed by atoms with van der Waals surface area (Å²) in [5.74, 6) is 0.619. The van der Waals surface area contributed by atoms with Gasteiger partial charge in [-0.3, -0.25) is 0 Å². The molecule has 1 aromatic heterocycles. The molecule has 2 N–H and O–H groups in total. The SMILES string of the molecule is CN/C(C)=C/C=C\C=C(/C)c1nn[nH]n1. The fourth-order valence-electron chi connectivity index (χ4n) is 0.887. The second-order valence-electron chi connectivity index (χ2n) is 3.07. The third kappa shape index (κ3) is 3.76. The number of allylic oxidation sites excluding steroid dienone is 6. The van der Waals surface area contributed by atoms with Gasteiger partial charge >= 0.3 is 0 Å². The molecule has 0 fully saturated rings. The van der Waals surface area contributed by atoms with Gasteiger partial charge in [-0.1, -0.05) is 18.2 Å². The topological polar surface area (TPSA) is 66.5 Å². The lowest BCUT2D eigenvalue weighted by Crippen LogP contribution is -2.00. The van der Waals surface area contributed by atoms with Gasteiger partial charge in [-0.2, -0.15) is 5.21 Å². The van der Waals surface area contributed by atoms with Gasteiger partial charge < -0.3 is 5.32 Å². The fourth-order valence-corrected chi connectivity index (χ4v) is 0.887. The molecule has 1 rings (SSSR count). The zero-order chi connectivity index (χ0) is 11.1. The number of nitrogens with one attached hydrogen (secondary N) is 2. The van der Waals surface area contributed by atoms with E-state index in [-0.39, 0.29) is 0 Å². The lowest BCUT2D eigenvalue weighted by Gasteiger charge is -1.93. The molecule has 0 saturated heterocycles. The lowest BCUT2D eigenvalue weighted by atomic mass is 10.2. The highest BCUT2D eigenvalue weighted by Crippen LogP contribution is 2.04. The predicted molar refractivity (Wildman–Crippen MR) is 59.8 cm³/mol. The van der Waals surface area contributed by atoms with Crippen LogP contribution in [0.1, 0.15) is 19.7 Å². The highest BCUT2D eigenvalue weighted by atomic mass is 15.5. The summed E-state index contributed by atoms with van der Waals surface area (Å²) in [4.78, 5) is 0. The Morgan fingerprint density at radius 3 is 2.60 bits per heavy atom. The number of aromatic amines is 1. The first-order valence-electron chi connectivity index (χ1n) is 4.67. The Hall–Kier alpha value is -1.91. The maximum absolute atomic E-state index is 3.87. The van der Waals surface area contributed by atoms with Gasteiger partial charge in [0.15, 0.2) is 5.82 Å². The van der Waals surface area contributed by atoms with Crippen LogP contribution in [0, 0.1) is 0 Å². The molecule has 0 bridgehead atoms. The maximum Gasteiger partial charge on any atom is 0.200 e. The largest absolute Gasteiger partial charge is 0.392 e. The van der Waals surface area contributed by atoms with Crippen molar-refractivity contribution in [3.05, 3.63) is 35.8 Å². The molecule has 80 valence electrons. The van der Waals surface area contributed by atoms with Crippen LogP contribution >= 0.6 is 0 Å². The van der Waals surface area contributed by atoms with Gasteiger partial charge in [-0.25, -0.2) is 0 Å². The van der Waals surface area contributed by atoms with Crippen molar-refractivity contribution >= 4 is 5.57 Å². The van der Waals surface area contributed by atoms with Crippen LogP contribution in [0.2, 0.25) is 0 Å². The van der Waals surface area contributed by atoms with Crippen LogP contribution in [0.5, 0.6) is 0 Å². The Bertz CT molecular complexity index is 373. The van der Waals surface area contributed by atoms with Crippen molar-refractivity contribution in [3.8, 4) is 0 Å². The van der Waals surface area contributed by atoms with Crippen molar-refractivity contribution in [2.24, 2.45) is 0 Å². The molecule has 0 spiro atoms. The van der Waals surface area contributed by atoms with Crippen molar-refractivity contribution in [1.82, 2.24) is 25.9 Å². The molecule has 0 aliphatic heterocycles. The van der Waals surface area contributed by atoms with E-state index in [1.807, 2.05) is 45.2 Å². The zero-order valence-electron chi connectivity index (χ0n) is 9.15. The summed E-state index contributed by atoms with van der Waals surface area (Å²) < 4.78 is 0. The summed E-state index contributed by atoms with van der Waals surface area (Å²) in [6.07, 6.45) is 7.81. The second kappa shape index (κ2) is 5.74. The summed E-state index contributed by atoms with van der Waals surface area (Å²) in [7, 11) is 1.89. The lowest BCUT2D eigenvalue weighted by molar-refractivity contribution is 0.881. The molecule has 0 aromatic carbocycles. The van der Waals surface area contributed by atoms with E-state index in [2.05, 4.69) is 25.9 Å². The molecule has 0 amide bonds. The van der Waals surface area contributed by atoms with Crippen LogP contribution in [0.3, 0.4) is 0 Å². The number of aromatic nitrogens is 4. The number of hydrogen-bond donors (Lipinski definition) is 2. The molecule has 15 heavy (non-hydrogen) atoms. The van der Waals surface area contributed by atoms with Gasteiger partial charge in [-0.05, 0) is 30.7 Å². The number of rotatable bonds is 4. The van der Waals surface area contributed by atoms with E-state index in [1.165, 1.54) is 0 Å². The smallest absolute Gasteiger partial charge is 0.200 e. The average molecular weight is 205 g/mol. The highest BCUT2D eigenvalue weighted by Gasteiger charge is 1.97. The summed E-state index contributed by atoms with van der Waals surface area (Å²) >= 11 is 0. The standard InChI is InChI=1S/C10H15N5/c1-8(10-12-14-15-13-10)6-4-5-7-9(2)11-3/h4-7,11H,1-3H3,(H,12,13,14,15)/b5-4-,8-6+,9-7+. The molecule has 0 radical (unpaired) electrons. The minimum atomic E-state index is 0.619.